The van der Waals surface area contributed by atoms with E-state index in [0.29, 0.717) is 6.04 Å². The molecule has 4 heteroatoms. The number of nitrogens with one attached hydrogen (secondary N) is 2. The number of aromatic nitrogens is 2. The molecule has 0 radical (unpaired) electrons. The lowest BCUT2D eigenvalue weighted by atomic mass is 10.2. The summed E-state index contributed by atoms with van der Waals surface area (Å²) in [6.07, 6.45) is 2.06. The zero-order chi connectivity index (χ0) is 10.7. The van der Waals surface area contributed by atoms with Gasteiger partial charge < -0.3 is 10.6 Å². The van der Waals surface area contributed by atoms with Crippen LogP contribution < -0.4 is 10.6 Å². The maximum Gasteiger partial charge on any atom is 0.130 e. The van der Waals surface area contributed by atoms with E-state index in [1.807, 2.05) is 13.0 Å². The molecule has 2 rings (SSSR count). The van der Waals surface area contributed by atoms with Crippen molar-refractivity contribution >= 4 is 5.82 Å². The minimum absolute atomic E-state index is 0.518. The van der Waals surface area contributed by atoms with Crippen LogP contribution in [0.2, 0.25) is 0 Å². The molecule has 1 aliphatic heterocycles. The third-order valence-electron chi connectivity index (χ3n) is 2.63. The van der Waals surface area contributed by atoms with E-state index in [2.05, 4.69) is 27.5 Å². The first kappa shape index (κ1) is 10.4. The van der Waals surface area contributed by atoms with Crippen molar-refractivity contribution in [3.63, 3.8) is 0 Å². The topological polar surface area (TPSA) is 49.8 Å². The Hall–Kier alpha value is -1.16. The van der Waals surface area contributed by atoms with Gasteiger partial charge >= 0.3 is 0 Å². The lowest BCUT2D eigenvalue weighted by Crippen LogP contribution is -2.23. The Labute approximate surface area is 90.5 Å². The minimum Gasteiger partial charge on any atom is -0.366 e. The van der Waals surface area contributed by atoms with Gasteiger partial charge in [0, 0.05) is 30.8 Å². The molecule has 0 spiro atoms. The lowest BCUT2D eigenvalue weighted by molar-refractivity contribution is 0.781. The molecule has 15 heavy (non-hydrogen) atoms. The van der Waals surface area contributed by atoms with Crippen LogP contribution in [-0.4, -0.2) is 29.1 Å². The van der Waals surface area contributed by atoms with E-state index < -0.39 is 0 Å². The molecule has 4 nitrogen and oxygen atoms in total. The molecule has 2 N–H and O–H groups in total. The number of hydrogen-bond donors (Lipinski definition) is 2. The van der Waals surface area contributed by atoms with Crippen LogP contribution in [0.4, 0.5) is 5.82 Å². The quantitative estimate of drug-likeness (QED) is 0.778. The van der Waals surface area contributed by atoms with Gasteiger partial charge in [0.15, 0.2) is 0 Å². The van der Waals surface area contributed by atoms with E-state index in [1.54, 1.807) is 0 Å². The number of aryl methyl sites for hydroxylation is 2. The van der Waals surface area contributed by atoms with Gasteiger partial charge in [-0.15, -0.1) is 0 Å². The van der Waals surface area contributed by atoms with Crippen LogP contribution in [0.3, 0.4) is 0 Å². The van der Waals surface area contributed by atoms with Crippen molar-refractivity contribution in [1.29, 1.82) is 0 Å². The second-order valence-electron chi connectivity index (χ2n) is 4.00. The van der Waals surface area contributed by atoms with Crippen molar-refractivity contribution in [2.45, 2.75) is 32.7 Å². The number of anilines is 1. The van der Waals surface area contributed by atoms with Gasteiger partial charge in [0.2, 0.25) is 0 Å². The van der Waals surface area contributed by atoms with Crippen LogP contribution >= 0.6 is 0 Å². The molecule has 0 bridgehead atoms. The van der Waals surface area contributed by atoms with Crippen molar-refractivity contribution in [2.24, 2.45) is 0 Å². The van der Waals surface area contributed by atoms with Gasteiger partial charge in [0.25, 0.3) is 0 Å². The number of hydrogen-bond acceptors (Lipinski definition) is 4. The van der Waals surface area contributed by atoms with Gasteiger partial charge in [0.1, 0.15) is 11.6 Å². The van der Waals surface area contributed by atoms with Crippen LogP contribution in [0, 0.1) is 6.92 Å². The summed E-state index contributed by atoms with van der Waals surface area (Å²) in [6.45, 7) is 6.22. The van der Waals surface area contributed by atoms with Crippen molar-refractivity contribution in [3.05, 3.63) is 17.6 Å². The Balaban J connectivity index is 2.09. The summed E-state index contributed by atoms with van der Waals surface area (Å²) in [5.41, 5.74) is 1.04. The summed E-state index contributed by atoms with van der Waals surface area (Å²) in [4.78, 5) is 8.83. The minimum atomic E-state index is 0.518. The van der Waals surface area contributed by atoms with Crippen LogP contribution in [0.5, 0.6) is 0 Å². The first-order chi connectivity index (χ1) is 7.28. The molecule has 1 aliphatic rings. The molecule has 1 unspecified atom stereocenters. The lowest BCUT2D eigenvalue weighted by Gasteiger charge is -2.12. The Bertz CT molecular complexity index is 331. The fourth-order valence-electron chi connectivity index (χ4n) is 1.85. The van der Waals surface area contributed by atoms with E-state index in [1.165, 1.54) is 6.42 Å². The molecule has 0 saturated carbocycles. The third-order valence-corrected chi connectivity index (χ3v) is 2.63. The van der Waals surface area contributed by atoms with E-state index >= 15 is 0 Å². The van der Waals surface area contributed by atoms with Crippen LogP contribution in [-0.2, 0) is 6.42 Å². The van der Waals surface area contributed by atoms with Gasteiger partial charge in [-0.05, 0) is 19.9 Å². The molecule has 2 heterocycles. The zero-order valence-corrected chi connectivity index (χ0v) is 9.38. The van der Waals surface area contributed by atoms with Crippen LogP contribution in [0.15, 0.2) is 6.07 Å². The average molecular weight is 206 g/mol. The molecular weight excluding hydrogens is 188 g/mol. The molecule has 1 aromatic heterocycles. The van der Waals surface area contributed by atoms with Crippen molar-refractivity contribution in [1.82, 2.24) is 15.3 Å². The highest BCUT2D eigenvalue weighted by atomic mass is 15.1. The second-order valence-corrected chi connectivity index (χ2v) is 4.00. The van der Waals surface area contributed by atoms with Gasteiger partial charge in [-0.25, -0.2) is 9.97 Å². The molecule has 1 saturated heterocycles. The monoisotopic (exact) mass is 206 g/mol. The predicted molar refractivity (Wildman–Crippen MR) is 61.0 cm³/mol. The van der Waals surface area contributed by atoms with Crippen molar-refractivity contribution < 1.29 is 0 Å². The number of rotatable bonds is 3. The van der Waals surface area contributed by atoms with Crippen LogP contribution in [0.1, 0.15) is 24.9 Å². The molecule has 1 fully saturated rings. The smallest absolute Gasteiger partial charge is 0.130 e. The largest absolute Gasteiger partial charge is 0.366 e. The summed E-state index contributed by atoms with van der Waals surface area (Å²) in [7, 11) is 0. The highest BCUT2D eigenvalue weighted by Crippen LogP contribution is 2.10. The SMILES string of the molecule is CCc1nc(C)cc(NC2CCNC2)n1. The fraction of sp³-hybridized carbons (Fsp3) is 0.636. The Kier molecular flexibility index (Phi) is 3.16. The number of nitrogens with zero attached hydrogens (tertiary/aromatic N) is 2. The first-order valence-corrected chi connectivity index (χ1v) is 5.59. The fourth-order valence-corrected chi connectivity index (χ4v) is 1.85. The van der Waals surface area contributed by atoms with E-state index in [-0.39, 0.29) is 0 Å². The van der Waals surface area contributed by atoms with E-state index in [4.69, 9.17) is 0 Å². The maximum atomic E-state index is 4.47. The Morgan fingerprint density at radius 3 is 3.07 bits per heavy atom. The molecule has 1 aromatic rings. The average Bonchev–Trinajstić information content (AvgIpc) is 2.69. The predicted octanol–water partition coefficient (Wildman–Crippen LogP) is 1.12. The summed E-state index contributed by atoms with van der Waals surface area (Å²) >= 11 is 0. The molecule has 82 valence electrons. The summed E-state index contributed by atoms with van der Waals surface area (Å²) in [5.74, 6) is 1.89. The standard InChI is InChI=1S/C11H18N4/c1-3-10-13-8(2)6-11(15-10)14-9-4-5-12-7-9/h6,9,12H,3-5,7H2,1-2H3,(H,13,14,15). The van der Waals surface area contributed by atoms with Gasteiger partial charge in [-0.2, -0.15) is 0 Å². The second kappa shape index (κ2) is 4.57. The summed E-state index contributed by atoms with van der Waals surface area (Å²) in [5, 5.41) is 6.77. The third kappa shape index (κ3) is 2.65. The molecular formula is C11H18N4. The Morgan fingerprint density at radius 1 is 1.53 bits per heavy atom. The molecule has 1 atom stereocenters. The molecule has 0 amide bonds. The highest BCUT2D eigenvalue weighted by Gasteiger charge is 2.14. The highest BCUT2D eigenvalue weighted by molar-refractivity contribution is 5.37. The zero-order valence-electron chi connectivity index (χ0n) is 9.38. The maximum absolute atomic E-state index is 4.47. The van der Waals surface area contributed by atoms with Gasteiger partial charge in [0.05, 0.1) is 0 Å². The molecule has 0 aliphatic carbocycles. The van der Waals surface area contributed by atoms with Gasteiger partial charge in [-0.1, -0.05) is 6.92 Å². The Morgan fingerprint density at radius 2 is 2.40 bits per heavy atom. The summed E-state index contributed by atoms with van der Waals surface area (Å²) in [6, 6.07) is 2.53. The molecule has 0 aromatic carbocycles. The van der Waals surface area contributed by atoms with Crippen molar-refractivity contribution in [3.8, 4) is 0 Å². The van der Waals surface area contributed by atoms with E-state index in [9.17, 15) is 0 Å². The normalized spacial score (nSPS) is 20.5. The summed E-state index contributed by atoms with van der Waals surface area (Å²) < 4.78 is 0. The van der Waals surface area contributed by atoms with Crippen LogP contribution in [0.25, 0.3) is 0 Å². The van der Waals surface area contributed by atoms with E-state index in [0.717, 1.165) is 36.8 Å². The van der Waals surface area contributed by atoms with Gasteiger partial charge in [-0.3, -0.25) is 0 Å². The van der Waals surface area contributed by atoms with Crippen molar-refractivity contribution in [2.75, 3.05) is 18.4 Å². The first-order valence-electron chi connectivity index (χ1n) is 5.59.